The molecule has 4 heteroatoms. The molecule has 0 radical (unpaired) electrons. The molecule has 2 aromatic heterocycles. The lowest BCUT2D eigenvalue weighted by Gasteiger charge is -2.22. The summed E-state index contributed by atoms with van der Waals surface area (Å²) in [7, 11) is 0. The number of nitrogens with zero attached hydrogens (tertiary/aromatic N) is 3. The molecule has 0 bridgehead atoms. The first-order chi connectivity index (χ1) is 19.1. The summed E-state index contributed by atoms with van der Waals surface area (Å²) in [6, 6.07) is 34.6. The summed E-state index contributed by atoms with van der Waals surface area (Å²) in [6.45, 7) is 4.64. The third kappa shape index (κ3) is 2.63. The van der Waals surface area contributed by atoms with Crippen LogP contribution >= 0.6 is 0 Å². The van der Waals surface area contributed by atoms with E-state index in [9.17, 15) is 0 Å². The van der Waals surface area contributed by atoms with Crippen LogP contribution in [0.15, 0.2) is 103 Å². The Morgan fingerprint density at radius 3 is 2.38 bits per heavy atom. The molecule has 0 N–H and O–H groups in total. The second kappa shape index (κ2) is 7.12. The van der Waals surface area contributed by atoms with Gasteiger partial charge in [0.1, 0.15) is 11.4 Å². The third-order valence-electron chi connectivity index (χ3n) is 8.66. The molecule has 0 saturated carbocycles. The Hall–Kier alpha value is -4.96. The molecule has 1 aliphatic carbocycles. The Bertz CT molecular complexity index is 2180. The number of hydrogen-bond donors (Lipinski definition) is 0. The molecule has 0 atom stereocenters. The molecule has 0 saturated heterocycles. The topological polar surface area (TPSA) is 39.9 Å². The van der Waals surface area contributed by atoms with Crippen molar-refractivity contribution in [3.8, 4) is 39.8 Å². The van der Waals surface area contributed by atoms with Gasteiger partial charge in [0.2, 0.25) is 5.95 Å². The fraction of sp³-hybridized carbons (Fsp3) is 0.0857. The van der Waals surface area contributed by atoms with E-state index < -0.39 is 0 Å². The van der Waals surface area contributed by atoms with Gasteiger partial charge in [-0.1, -0.05) is 86.6 Å². The number of hydrogen-bond acceptors (Lipinski definition) is 3. The maximum absolute atomic E-state index is 6.29. The zero-order valence-electron chi connectivity index (χ0n) is 21.6. The first-order valence-corrected chi connectivity index (χ1v) is 13.3. The van der Waals surface area contributed by atoms with E-state index in [1.54, 1.807) is 0 Å². The number of para-hydroxylation sites is 1. The lowest BCUT2D eigenvalue weighted by atomic mass is 9.82. The summed E-state index contributed by atoms with van der Waals surface area (Å²) in [5.41, 5.74) is 9.36. The highest BCUT2D eigenvalue weighted by atomic mass is 16.5. The Morgan fingerprint density at radius 2 is 1.46 bits per heavy atom. The Kier molecular flexibility index (Phi) is 3.84. The molecule has 4 nitrogen and oxygen atoms in total. The van der Waals surface area contributed by atoms with Crippen LogP contribution in [-0.4, -0.2) is 14.5 Å². The van der Waals surface area contributed by atoms with E-state index in [-0.39, 0.29) is 5.41 Å². The molecular formula is C35H23N3O. The normalized spacial score (nSPS) is 14.3. The van der Waals surface area contributed by atoms with Gasteiger partial charge in [-0.2, -0.15) is 0 Å². The summed E-state index contributed by atoms with van der Waals surface area (Å²) in [4.78, 5) is 10.0. The number of ether oxygens (including phenoxy) is 1. The van der Waals surface area contributed by atoms with Gasteiger partial charge in [0.15, 0.2) is 5.75 Å². The van der Waals surface area contributed by atoms with Crippen LogP contribution in [0.3, 0.4) is 0 Å². The van der Waals surface area contributed by atoms with Crippen molar-refractivity contribution in [1.29, 1.82) is 0 Å². The number of rotatable bonds is 1. The van der Waals surface area contributed by atoms with Crippen molar-refractivity contribution in [2.24, 2.45) is 0 Å². The van der Waals surface area contributed by atoms with E-state index in [0.717, 1.165) is 38.8 Å². The Morgan fingerprint density at radius 1 is 0.667 bits per heavy atom. The van der Waals surface area contributed by atoms with Gasteiger partial charge in [0.25, 0.3) is 0 Å². The summed E-state index contributed by atoms with van der Waals surface area (Å²) in [6.07, 6.45) is 1.82. The zero-order valence-corrected chi connectivity index (χ0v) is 21.6. The first-order valence-electron chi connectivity index (χ1n) is 13.3. The summed E-state index contributed by atoms with van der Waals surface area (Å²) in [5, 5.41) is 4.64. The van der Waals surface area contributed by atoms with E-state index in [1.165, 1.54) is 33.0 Å². The van der Waals surface area contributed by atoms with Gasteiger partial charge in [-0.05, 0) is 51.9 Å². The predicted molar refractivity (Wildman–Crippen MR) is 157 cm³/mol. The second-order valence-corrected chi connectivity index (χ2v) is 11.1. The van der Waals surface area contributed by atoms with Crippen molar-refractivity contribution in [2.45, 2.75) is 19.3 Å². The fourth-order valence-electron chi connectivity index (χ4n) is 6.82. The zero-order chi connectivity index (χ0) is 25.9. The van der Waals surface area contributed by atoms with Crippen molar-refractivity contribution in [2.75, 3.05) is 0 Å². The van der Waals surface area contributed by atoms with Gasteiger partial charge < -0.3 is 4.74 Å². The monoisotopic (exact) mass is 501 g/mol. The first kappa shape index (κ1) is 21.0. The van der Waals surface area contributed by atoms with Crippen LogP contribution in [0.25, 0.3) is 60.9 Å². The maximum atomic E-state index is 6.29. The molecule has 184 valence electrons. The lowest BCUT2D eigenvalue weighted by Crippen LogP contribution is -2.15. The van der Waals surface area contributed by atoms with Gasteiger partial charge in [-0.25, -0.2) is 9.97 Å². The molecule has 2 aliphatic rings. The van der Waals surface area contributed by atoms with Crippen LogP contribution in [0.2, 0.25) is 0 Å². The highest BCUT2D eigenvalue weighted by molar-refractivity contribution is 6.11. The van der Waals surface area contributed by atoms with Gasteiger partial charge in [0.05, 0.1) is 17.2 Å². The summed E-state index contributed by atoms with van der Waals surface area (Å²) < 4.78 is 8.50. The minimum Gasteiger partial charge on any atom is -0.453 e. The van der Waals surface area contributed by atoms with E-state index in [1.807, 2.05) is 18.3 Å². The third-order valence-corrected chi connectivity index (χ3v) is 8.66. The molecule has 0 fully saturated rings. The summed E-state index contributed by atoms with van der Waals surface area (Å²) >= 11 is 0. The molecule has 1 aliphatic heterocycles. The van der Waals surface area contributed by atoms with Crippen molar-refractivity contribution < 1.29 is 4.74 Å². The SMILES string of the molecule is CC1(C)c2ccccc2-c2cc3c4ccccc4n(-c4ncc5c(n4)-c4cccc6cccc(c46)O5)c3cc21. The highest BCUT2D eigenvalue weighted by Gasteiger charge is 2.36. The largest absolute Gasteiger partial charge is 0.453 e. The lowest BCUT2D eigenvalue weighted by molar-refractivity contribution is 0.481. The van der Waals surface area contributed by atoms with Crippen molar-refractivity contribution in [3.63, 3.8) is 0 Å². The Balaban J connectivity index is 1.35. The molecule has 0 spiro atoms. The van der Waals surface area contributed by atoms with Crippen LogP contribution in [0.1, 0.15) is 25.0 Å². The van der Waals surface area contributed by atoms with E-state index in [2.05, 4.69) is 103 Å². The van der Waals surface area contributed by atoms with Crippen LogP contribution < -0.4 is 4.74 Å². The molecule has 7 aromatic rings. The van der Waals surface area contributed by atoms with Crippen molar-refractivity contribution in [1.82, 2.24) is 14.5 Å². The molecule has 0 unspecified atom stereocenters. The van der Waals surface area contributed by atoms with Crippen molar-refractivity contribution in [3.05, 3.63) is 114 Å². The molecule has 9 rings (SSSR count). The van der Waals surface area contributed by atoms with Gasteiger partial charge in [0, 0.05) is 27.1 Å². The van der Waals surface area contributed by atoms with Gasteiger partial charge in [-0.3, -0.25) is 4.57 Å². The molecule has 3 heterocycles. The Labute approximate surface area is 225 Å². The quantitative estimate of drug-likeness (QED) is 0.226. The average molecular weight is 502 g/mol. The standard InChI is InChI=1S/C35H23N3O/c1-35(2)26-14-5-3-11-21(26)24-17-25-22-12-4-6-15-28(22)38(29(25)18-27(24)35)34-36-19-31-33(37-34)23-13-7-9-20-10-8-16-30(39-31)32(20)23/h3-19H,1-2H3. The minimum absolute atomic E-state index is 0.0920. The second-order valence-electron chi connectivity index (χ2n) is 11.1. The highest BCUT2D eigenvalue weighted by Crippen LogP contribution is 2.51. The van der Waals surface area contributed by atoms with E-state index in [4.69, 9.17) is 14.7 Å². The van der Waals surface area contributed by atoms with Crippen LogP contribution in [-0.2, 0) is 5.41 Å². The van der Waals surface area contributed by atoms with Gasteiger partial charge in [-0.15, -0.1) is 0 Å². The molecular weight excluding hydrogens is 478 g/mol. The number of benzene rings is 5. The maximum Gasteiger partial charge on any atom is 0.235 e. The minimum atomic E-state index is -0.0920. The van der Waals surface area contributed by atoms with E-state index >= 15 is 0 Å². The molecule has 0 amide bonds. The van der Waals surface area contributed by atoms with E-state index in [0.29, 0.717) is 11.7 Å². The molecule has 5 aromatic carbocycles. The number of aromatic nitrogens is 3. The molecule has 39 heavy (non-hydrogen) atoms. The van der Waals surface area contributed by atoms with Crippen LogP contribution in [0.5, 0.6) is 11.5 Å². The predicted octanol–water partition coefficient (Wildman–Crippen LogP) is 8.81. The van der Waals surface area contributed by atoms with Crippen LogP contribution in [0, 0.1) is 0 Å². The number of fused-ring (bicyclic) bond motifs is 8. The van der Waals surface area contributed by atoms with Gasteiger partial charge >= 0.3 is 0 Å². The average Bonchev–Trinajstić information content (AvgIpc) is 3.41. The summed E-state index contributed by atoms with van der Waals surface area (Å²) in [5.74, 6) is 2.18. The smallest absolute Gasteiger partial charge is 0.235 e. The van der Waals surface area contributed by atoms with Crippen molar-refractivity contribution >= 4 is 32.6 Å². The van der Waals surface area contributed by atoms with Crippen LogP contribution in [0.4, 0.5) is 0 Å². The fourth-order valence-corrected chi connectivity index (χ4v) is 6.82.